The summed E-state index contributed by atoms with van der Waals surface area (Å²) in [6.07, 6.45) is 1.19. The predicted molar refractivity (Wildman–Crippen MR) is 133 cm³/mol. The maximum absolute atomic E-state index is 12.6. The van der Waals surface area contributed by atoms with E-state index in [9.17, 15) is 9.59 Å². The van der Waals surface area contributed by atoms with Crippen LogP contribution >= 0.6 is 0 Å². The second-order valence-electron chi connectivity index (χ2n) is 9.12. The lowest BCUT2D eigenvalue weighted by Gasteiger charge is -2.36. The minimum atomic E-state index is -0.0683. The first-order chi connectivity index (χ1) is 15.9. The van der Waals surface area contributed by atoms with Crippen molar-refractivity contribution in [2.75, 3.05) is 44.2 Å². The van der Waals surface area contributed by atoms with Crippen LogP contribution in [0.5, 0.6) is 0 Å². The van der Waals surface area contributed by atoms with E-state index in [0.29, 0.717) is 17.8 Å². The molecule has 1 N–H and O–H groups in total. The first-order valence-corrected chi connectivity index (χ1v) is 11.9. The zero-order chi connectivity index (χ0) is 23.4. The first kappa shape index (κ1) is 23.1. The highest BCUT2D eigenvalue weighted by molar-refractivity contribution is 6.08. The number of aryl methyl sites for hydroxylation is 1. The number of carbonyl (C=O) groups is 2. The van der Waals surface area contributed by atoms with Gasteiger partial charge in [0, 0.05) is 74.2 Å². The molecule has 4 rings (SSSR count). The number of anilines is 1. The van der Waals surface area contributed by atoms with Crippen LogP contribution in [0.1, 0.15) is 41.3 Å². The maximum atomic E-state index is 12.6. The molecule has 2 aliphatic heterocycles. The number of fused-ring (bicyclic) bond motifs is 1. The summed E-state index contributed by atoms with van der Waals surface area (Å²) >= 11 is 0. The van der Waals surface area contributed by atoms with Crippen LogP contribution in [0.4, 0.5) is 5.69 Å². The smallest absolute Gasteiger partial charge is 0.258 e. The van der Waals surface area contributed by atoms with Crippen molar-refractivity contribution in [2.24, 2.45) is 0 Å². The summed E-state index contributed by atoms with van der Waals surface area (Å²) in [5, 5.41) is 3.09. The van der Waals surface area contributed by atoms with Gasteiger partial charge in [0.2, 0.25) is 5.91 Å². The van der Waals surface area contributed by atoms with Crippen LogP contribution in [0.3, 0.4) is 0 Å². The number of rotatable bonds is 8. The molecule has 1 atom stereocenters. The van der Waals surface area contributed by atoms with Gasteiger partial charge < -0.3 is 15.1 Å². The second kappa shape index (κ2) is 10.2. The molecule has 2 aromatic carbocycles. The van der Waals surface area contributed by atoms with Crippen molar-refractivity contribution in [2.45, 2.75) is 32.7 Å². The Morgan fingerprint density at radius 2 is 1.76 bits per heavy atom. The molecule has 6 nitrogen and oxygen atoms in total. The summed E-state index contributed by atoms with van der Waals surface area (Å²) < 4.78 is 0. The fourth-order valence-corrected chi connectivity index (χ4v) is 4.63. The molecular formula is C27H34N4O2. The molecule has 0 spiro atoms. The van der Waals surface area contributed by atoms with E-state index in [1.165, 1.54) is 11.3 Å². The van der Waals surface area contributed by atoms with Gasteiger partial charge >= 0.3 is 0 Å². The van der Waals surface area contributed by atoms with Gasteiger partial charge in [0.15, 0.2) is 0 Å². The number of carbonyl (C=O) groups excluding carboxylic acids is 2. The molecule has 1 saturated heterocycles. The zero-order valence-electron chi connectivity index (χ0n) is 19.7. The largest absolute Gasteiger partial charge is 0.369 e. The minimum absolute atomic E-state index is 0.0247. The zero-order valence-corrected chi connectivity index (χ0v) is 19.7. The van der Waals surface area contributed by atoms with Crippen molar-refractivity contribution in [3.8, 4) is 0 Å². The lowest BCUT2D eigenvalue weighted by atomic mass is 10.1. The Bertz CT molecular complexity index is 991. The standard InChI is InChI=1S/C27H34N4O2/c1-20-7-6-8-23(19-20)30-17-15-29(16-18-30)13-11-21(2)28-26(32)12-14-31-22(3)24-9-4-5-10-25(24)27(31)33/h4-10,19,21H,3,11-18H2,1-2H3,(H,28,32). The minimum Gasteiger partial charge on any atom is -0.369 e. The first-order valence-electron chi connectivity index (χ1n) is 11.9. The molecule has 1 fully saturated rings. The quantitative estimate of drug-likeness (QED) is 0.674. The molecule has 0 saturated carbocycles. The molecule has 1 unspecified atom stereocenters. The van der Waals surface area contributed by atoms with E-state index in [1.807, 2.05) is 24.3 Å². The molecule has 0 aromatic heterocycles. The summed E-state index contributed by atoms with van der Waals surface area (Å²) in [5.41, 5.74) is 4.80. The third kappa shape index (κ3) is 5.45. The Labute approximate surface area is 196 Å². The third-order valence-corrected chi connectivity index (χ3v) is 6.63. The Morgan fingerprint density at radius 3 is 2.45 bits per heavy atom. The molecule has 2 amide bonds. The Morgan fingerprint density at radius 1 is 1.03 bits per heavy atom. The van der Waals surface area contributed by atoms with Crippen LogP contribution in [0.15, 0.2) is 55.1 Å². The van der Waals surface area contributed by atoms with E-state index >= 15 is 0 Å². The van der Waals surface area contributed by atoms with Crippen molar-refractivity contribution in [3.63, 3.8) is 0 Å². The molecular weight excluding hydrogens is 412 g/mol. The molecule has 174 valence electrons. The van der Waals surface area contributed by atoms with Crippen molar-refractivity contribution < 1.29 is 9.59 Å². The van der Waals surface area contributed by atoms with Crippen LogP contribution in [-0.4, -0.2) is 66.9 Å². The van der Waals surface area contributed by atoms with Gasteiger partial charge in [0.25, 0.3) is 5.91 Å². The fourth-order valence-electron chi connectivity index (χ4n) is 4.63. The summed E-state index contributed by atoms with van der Waals surface area (Å²) in [4.78, 5) is 31.6. The van der Waals surface area contributed by atoms with Gasteiger partial charge in [-0.1, -0.05) is 36.9 Å². The highest BCUT2D eigenvalue weighted by Gasteiger charge is 2.30. The molecule has 2 aromatic rings. The van der Waals surface area contributed by atoms with E-state index in [4.69, 9.17) is 0 Å². The lowest BCUT2D eigenvalue weighted by molar-refractivity contribution is -0.121. The lowest BCUT2D eigenvalue weighted by Crippen LogP contribution is -2.47. The van der Waals surface area contributed by atoms with Crippen LogP contribution in [-0.2, 0) is 4.79 Å². The Balaban J connectivity index is 1.16. The normalized spacial score (nSPS) is 17.3. The van der Waals surface area contributed by atoms with Gasteiger partial charge in [0.1, 0.15) is 0 Å². The summed E-state index contributed by atoms with van der Waals surface area (Å²) in [5.74, 6) is -0.0930. The summed E-state index contributed by atoms with van der Waals surface area (Å²) in [6.45, 7) is 13.7. The number of benzene rings is 2. The Hall–Kier alpha value is -3.12. The average Bonchev–Trinajstić information content (AvgIpc) is 3.06. The van der Waals surface area contributed by atoms with Gasteiger partial charge in [-0.25, -0.2) is 0 Å². The molecule has 2 aliphatic rings. The third-order valence-electron chi connectivity index (χ3n) is 6.63. The van der Waals surface area contributed by atoms with Gasteiger partial charge in [-0.3, -0.25) is 14.5 Å². The molecule has 0 aliphatic carbocycles. The highest BCUT2D eigenvalue weighted by atomic mass is 16.2. The number of hydrogen-bond acceptors (Lipinski definition) is 4. The van der Waals surface area contributed by atoms with Gasteiger partial charge in [0.05, 0.1) is 0 Å². The van der Waals surface area contributed by atoms with E-state index in [1.54, 1.807) is 4.90 Å². The van der Waals surface area contributed by atoms with Crippen LogP contribution in [0.25, 0.3) is 5.70 Å². The van der Waals surface area contributed by atoms with Crippen molar-refractivity contribution in [1.29, 1.82) is 0 Å². The molecule has 6 heteroatoms. The summed E-state index contributed by atoms with van der Waals surface area (Å²) in [6, 6.07) is 16.2. The van der Waals surface area contributed by atoms with Gasteiger partial charge in [-0.2, -0.15) is 0 Å². The monoisotopic (exact) mass is 446 g/mol. The fraction of sp³-hybridized carbons (Fsp3) is 0.407. The average molecular weight is 447 g/mol. The van der Waals surface area contributed by atoms with Gasteiger partial charge in [-0.05, 0) is 44.0 Å². The van der Waals surface area contributed by atoms with Crippen LogP contribution in [0, 0.1) is 6.92 Å². The van der Waals surface area contributed by atoms with Crippen molar-refractivity contribution >= 4 is 23.2 Å². The molecule has 2 heterocycles. The van der Waals surface area contributed by atoms with Gasteiger partial charge in [-0.15, -0.1) is 0 Å². The molecule has 0 bridgehead atoms. The SMILES string of the molecule is C=C1c2ccccc2C(=O)N1CCC(=O)NC(C)CCN1CCN(c2cccc(C)c2)CC1. The summed E-state index contributed by atoms with van der Waals surface area (Å²) in [7, 11) is 0. The van der Waals surface area contributed by atoms with E-state index < -0.39 is 0 Å². The van der Waals surface area contributed by atoms with Crippen LogP contribution in [0.2, 0.25) is 0 Å². The number of amides is 2. The number of nitrogens with zero attached hydrogens (tertiary/aromatic N) is 3. The van der Waals surface area contributed by atoms with Crippen molar-refractivity contribution in [3.05, 3.63) is 71.8 Å². The predicted octanol–water partition coefficient (Wildman–Crippen LogP) is 3.53. The Kier molecular flexibility index (Phi) is 7.14. The number of piperazine rings is 1. The van der Waals surface area contributed by atoms with E-state index in [2.05, 4.69) is 59.8 Å². The van der Waals surface area contributed by atoms with Crippen molar-refractivity contribution in [1.82, 2.24) is 15.1 Å². The molecule has 33 heavy (non-hydrogen) atoms. The number of hydrogen-bond donors (Lipinski definition) is 1. The number of nitrogens with one attached hydrogen (secondary N) is 1. The topological polar surface area (TPSA) is 55.9 Å². The van der Waals surface area contributed by atoms with Crippen LogP contribution < -0.4 is 10.2 Å². The maximum Gasteiger partial charge on any atom is 0.258 e. The molecule has 0 radical (unpaired) electrons. The second-order valence-corrected chi connectivity index (χ2v) is 9.12. The van der Waals surface area contributed by atoms with E-state index in [0.717, 1.165) is 44.7 Å². The van der Waals surface area contributed by atoms with E-state index in [-0.39, 0.29) is 24.3 Å². The highest BCUT2D eigenvalue weighted by Crippen LogP contribution is 2.31.